The molecule has 2 N–H and O–H groups in total. The number of amides is 1. The Labute approximate surface area is 143 Å². The normalized spacial score (nSPS) is 15.8. The molecule has 5 nitrogen and oxygen atoms in total. The highest BCUT2D eigenvalue weighted by molar-refractivity contribution is 7.80. The van der Waals surface area contributed by atoms with Gasteiger partial charge in [0.15, 0.2) is 16.6 Å². The molecule has 0 saturated carbocycles. The van der Waals surface area contributed by atoms with Crippen molar-refractivity contribution in [2.45, 2.75) is 0 Å². The molecule has 1 aliphatic rings. The lowest BCUT2D eigenvalue weighted by Crippen LogP contribution is -2.31. The monoisotopic (exact) mass is 344 g/mol. The Morgan fingerprint density at radius 3 is 2.75 bits per heavy atom. The Hall–Kier alpha value is -2.93. The minimum atomic E-state index is -0.539. The van der Waals surface area contributed by atoms with Crippen LogP contribution in [0, 0.1) is 5.82 Å². The number of ether oxygens (including phenoxy) is 1. The number of hydrogen-bond acceptors (Lipinski definition) is 4. The molecule has 0 aliphatic carbocycles. The van der Waals surface area contributed by atoms with E-state index in [1.807, 2.05) is 0 Å². The van der Waals surface area contributed by atoms with Crippen LogP contribution >= 0.6 is 12.2 Å². The number of methoxy groups -OCH3 is 1. The van der Waals surface area contributed by atoms with E-state index >= 15 is 0 Å². The number of para-hydroxylation sites is 1. The third-order valence-corrected chi connectivity index (χ3v) is 3.77. The predicted octanol–water partition coefficient (Wildman–Crippen LogP) is 2.80. The van der Waals surface area contributed by atoms with Gasteiger partial charge in [-0.2, -0.15) is 0 Å². The van der Waals surface area contributed by atoms with Crippen molar-refractivity contribution < 1.29 is 19.0 Å². The summed E-state index contributed by atoms with van der Waals surface area (Å²) in [5.41, 5.74) is 0.918. The van der Waals surface area contributed by atoms with Gasteiger partial charge in [0.1, 0.15) is 11.5 Å². The first-order valence-corrected chi connectivity index (χ1v) is 7.41. The van der Waals surface area contributed by atoms with E-state index in [0.717, 1.165) is 4.90 Å². The molecule has 1 amide bonds. The molecular weight excluding hydrogens is 331 g/mol. The average molecular weight is 344 g/mol. The fourth-order valence-corrected chi connectivity index (χ4v) is 2.63. The molecule has 7 heteroatoms. The maximum Gasteiger partial charge on any atom is 0.281 e. The maximum atomic E-state index is 13.9. The highest BCUT2D eigenvalue weighted by Gasteiger charge is 2.33. The summed E-state index contributed by atoms with van der Waals surface area (Å²) in [5.74, 6) is -0.725. The van der Waals surface area contributed by atoms with Gasteiger partial charge in [-0.15, -0.1) is 0 Å². The Balaban J connectivity index is 1.96. The first-order valence-electron chi connectivity index (χ1n) is 7.00. The number of aromatic hydroxyl groups is 1. The first kappa shape index (κ1) is 15.9. The number of rotatable bonds is 3. The van der Waals surface area contributed by atoms with Crippen LogP contribution in [0.1, 0.15) is 5.56 Å². The number of thiocarbonyl (C=S) groups is 1. The molecule has 3 rings (SSSR count). The van der Waals surface area contributed by atoms with Crippen molar-refractivity contribution in [1.29, 1.82) is 0 Å². The number of hydrogen-bond donors (Lipinski definition) is 2. The second-order valence-corrected chi connectivity index (χ2v) is 5.40. The molecular formula is C17H13FN2O3S. The number of nitrogens with one attached hydrogen (secondary N) is 1. The number of benzene rings is 2. The Morgan fingerprint density at radius 1 is 1.29 bits per heavy atom. The molecule has 1 aliphatic heterocycles. The molecule has 0 spiro atoms. The van der Waals surface area contributed by atoms with Gasteiger partial charge in [-0.25, -0.2) is 9.29 Å². The van der Waals surface area contributed by atoms with Gasteiger partial charge < -0.3 is 15.2 Å². The van der Waals surface area contributed by atoms with Gasteiger partial charge >= 0.3 is 0 Å². The molecule has 1 saturated heterocycles. The molecule has 0 radical (unpaired) electrons. The number of nitrogens with zero attached hydrogens (tertiary/aromatic N) is 1. The minimum absolute atomic E-state index is 0.00568. The molecule has 0 bridgehead atoms. The molecule has 0 atom stereocenters. The van der Waals surface area contributed by atoms with E-state index in [2.05, 4.69) is 5.32 Å². The van der Waals surface area contributed by atoms with E-state index in [4.69, 9.17) is 17.0 Å². The van der Waals surface area contributed by atoms with Crippen LogP contribution < -0.4 is 15.0 Å². The summed E-state index contributed by atoms with van der Waals surface area (Å²) in [7, 11) is 1.43. The zero-order valence-electron chi connectivity index (χ0n) is 12.6. The zero-order valence-corrected chi connectivity index (χ0v) is 13.4. The predicted molar refractivity (Wildman–Crippen MR) is 92.3 cm³/mol. The Kier molecular flexibility index (Phi) is 4.18. The van der Waals surface area contributed by atoms with E-state index in [0.29, 0.717) is 5.56 Å². The van der Waals surface area contributed by atoms with E-state index < -0.39 is 11.7 Å². The largest absolute Gasteiger partial charge is 0.504 e. The fraction of sp³-hybridized carbons (Fsp3) is 0.0588. The van der Waals surface area contributed by atoms with Crippen molar-refractivity contribution in [2.24, 2.45) is 0 Å². The van der Waals surface area contributed by atoms with E-state index in [9.17, 15) is 14.3 Å². The van der Waals surface area contributed by atoms with Gasteiger partial charge in [0.2, 0.25) is 0 Å². The smallest absolute Gasteiger partial charge is 0.281 e. The van der Waals surface area contributed by atoms with Crippen molar-refractivity contribution in [1.82, 2.24) is 5.32 Å². The summed E-state index contributed by atoms with van der Waals surface area (Å²) in [5, 5.41) is 12.5. The lowest BCUT2D eigenvalue weighted by Gasteiger charge is -2.14. The van der Waals surface area contributed by atoms with Crippen molar-refractivity contribution in [3.63, 3.8) is 0 Å². The van der Waals surface area contributed by atoms with Crippen LogP contribution in [-0.4, -0.2) is 23.2 Å². The van der Waals surface area contributed by atoms with Crippen molar-refractivity contribution >= 4 is 35.0 Å². The van der Waals surface area contributed by atoms with Gasteiger partial charge in [0.25, 0.3) is 5.91 Å². The molecule has 1 heterocycles. The Morgan fingerprint density at radius 2 is 2.04 bits per heavy atom. The summed E-state index contributed by atoms with van der Waals surface area (Å²) in [4.78, 5) is 13.7. The second kappa shape index (κ2) is 6.29. The number of anilines is 1. The molecule has 0 unspecified atom stereocenters. The lowest BCUT2D eigenvalue weighted by molar-refractivity contribution is -0.113. The van der Waals surface area contributed by atoms with Crippen LogP contribution in [0.25, 0.3) is 6.08 Å². The van der Waals surface area contributed by atoms with Gasteiger partial charge in [-0.1, -0.05) is 18.2 Å². The first-order chi connectivity index (χ1) is 11.5. The standard InChI is InChI=1S/C17H13FN2O3S/c1-23-15-9-10(6-7-14(15)21)8-12-16(22)20(17(24)19-12)13-5-3-2-4-11(13)18/h2-9,21H,1H3,(H,19,24). The molecule has 24 heavy (non-hydrogen) atoms. The van der Waals surface area contributed by atoms with Crippen LogP contribution in [0.15, 0.2) is 48.2 Å². The van der Waals surface area contributed by atoms with E-state index in [1.165, 1.54) is 31.4 Å². The number of halogens is 1. The van der Waals surface area contributed by atoms with Crippen LogP contribution in [0.5, 0.6) is 11.5 Å². The van der Waals surface area contributed by atoms with Crippen LogP contribution in [-0.2, 0) is 4.79 Å². The Bertz CT molecular complexity index is 867. The summed E-state index contributed by atoms with van der Waals surface area (Å²) in [6.07, 6.45) is 1.55. The quantitative estimate of drug-likeness (QED) is 0.662. The fourth-order valence-electron chi connectivity index (χ4n) is 2.34. The van der Waals surface area contributed by atoms with Crippen LogP contribution in [0.2, 0.25) is 0 Å². The summed E-state index contributed by atoms with van der Waals surface area (Å²) in [6, 6.07) is 10.6. The molecule has 0 aromatic heterocycles. The third-order valence-electron chi connectivity index (χ3n) is 3.49. The zero-order chi connectivity index (χ0) is 17.3. The third kappa shape index (κ3) is 2.81. The number of phenols is 1. The minimum Gasteiger partial charge on any atom is -0.504 e. The van der Waals surface area contributed by atoms with Crippen molar-refractivity contribution in [2.75, 3.05) is 12.0 Å². The van der Waals surface area contributed by atoms with Crippen LogP contribution in [0.3, 0.4) is 0 Å². The summed E-state index contributed by atoms with van der Waals surface area (Å²) >= 11 is 5.14. The van der Waals surface area contributed by atoms with E-state index in [-0.39, 0.29) is 28.0 Å². The van der Waals surface area contributed by atoms with Gasteiger partial charge in [0.05, 0.1) is 12.8 Å². The molecule has 2 aromatic carbocycles. The van der Waals surface area contributed by atoms with E-state index in [1.54, 1.807) is 24.3 Å². The number of phenolic OH excluding ortho intramolecular Hbond substituents is 1. The summed E-state index contributed by atoms with van der Waals surface area (Å²) < 4.78 is 19.0. The lowest BCUT2D eigenvalue weighted by atomic mass is 10.1. The number of carbonyl (C=O) groups is 1. The SMILES string of the molecule is COc1cc(C=C2NC(=S)N(c3ccccc3F)C2=O)ccc1O. The second-order valence-electron chi connectivity index (χ2n) is 5.01. The highest BCUT2D eigenvalue weighted by atomic mass is 32.1. The molecule has 2 aromatic rings. The van der Waals surface area contributed by atoms with Gasteiger partial charge in [0, 0.05) is 0 Å². The highest BCUT2D eigenvalue weighted by Crippen LogP contribution is 2.29. The van der Waals surface area contributed by atoms with Crippen molar-refractivity contribution in [3.05, 3.63) is 59.5 Å². The van der Waals surface area contributed by atoms with Gasteiger partial charge in [-0.05, 0) is 48.1 Å². The molecule has 1 fully saturated rings. The van der Waals surface area contributed by atoms with Crippen LogP contribution in [0.4, 0.5) is 10.1 Å². The molecule has 122 valence electrons. The number of carbonyl (C=O) groups excluding carboxylic acids is 1. The maximum absolute atomic E-state index is 13.9. The average Bonchev–Trinajstić information content (AvgIpc) is 2.84. The topological polar surface area (TPSA) is 61.8 Å². The van der Waals surface area contributed by atoms with Gasteiger partial charge in [-0.3, -0.25) is 4.79 Å². The summed E-state index contributed by atoms with van der Waals surface area (Å²) in [6.45, 7) is 0. The van der Waals surface area contributed by atoms with Crippen molar-refractivity contribution in [3.8, 4) is 11.5 Å².